The minimum Gasteiger partial charge on any atom is -0.337 e. The Labute approximate surface area is 144 Å². The van der Waals surface area contributed by atoms with E-state index in [-0.39, 0.29) is 5.91 Å². The molecule has 25 heavy (non-hydrogen) atoms. The third kappa shape index (κ3) is 4.41. The molecule has 1 fully saturated rings. The number of likely N-dealkylation sites (tertiary alicyclic amines) is 1. The minimum absolute atomic E-state index is 0.0683. The zero-order chi connectivity index (χ0) is 17.9. The Morgan fingerprint density at radius 1 is 1.32 bits per heavy atom. The number of nitrogens with zero attached hydrogens (tertiary/aromatic N) is 2. The molecular weight excluding hydrogens is 331 g/mol. The fourth-order valence-corrected chi connectivity index (χ4v) is 3.30. The van der Waals surface area contributed by atoms with E-state index in [9.17, 15) is 18.0 Å². The topological polar surface area (TPSA) is 49.0 Å². The highest BCUT2D eigenvalue weighted by molar-refractivity contribution is 5.92. The Morgan fingerprint density at radius 2 is 2.16 bits per heavy atom. The monoisotopic (exact) mass is 351 g/mol. The molecule has 1 aromatic heterocycles. The van der Waals surface area contributed by atoms with Crippen LogP contribution in [0.25, 0.3) is 0 Å². The lowest BCUT2D eigenvalue weighted by atomic mass is 9.91. The Morgan fingerprint density at radius 3 is 2.88 bits per heavy atom. The van der Waals surface area contributed by atoms with Crippen molar-refractivity contribution in [1.29, 1.82) is 0 Å². The van der Waals surface area contributed by atoms with Gasteiger partial charge in [0.15, 0.2) is 0 Å². The number of alkyl halides is 3. The second kappa shape index (κ2) is 7.29. The van der Waals surface area contributed by atoms with Gasteiger partial charge in [0.25, 0.3) is 5.91 Å². The molecule has 7 heteroatoms. The number of carbonyl (C=O) groups excluding carboxylic acids is 1. The van der Waals surface area contributed by atoms with E-state index in [2.05, 4.69) is 10.2 Å². The van der Waals surface area contributed by atoms with E-state index in [1.165, 1.54) is 12.1 Å². The maximum atomic E-state index is 12.8. The van der Waals surface area contributed by atoms with Crippen molar-refractivity contribution < 1.29 is 18.0 Å². The van der Waals surface area contributed by atoms with Crippen LogP contribution in [0.4, 0.5) is 13.2 Å². The van der Waals surface area contributed by atoms with Gasteiger partial charge in [-0.3, -0.25) is 9.89 Å². The normalized spacial score (nSPS) is 18.4. The summed E-state index contributed by atoms with van der Waals surface area (Å²) in [6.07, 6.45) is 0.490. The van der Waals surface area contributed by atoms with E-state index in [1.807, 2.05) is 0 Å². The van der Waals surface area contributed by atoms with Crippen molar-refractivity contribution in [1.82, 2.24) is 15.1 Å². The van der Waals surface area contributed by atoms with Crippen molar-refractivity contribution in [2.24, 2.45) is 5.92 Å². The maximum Gasteiger partial charge on any atom is 0.416 e. The van der Waals surface area contributed by atoms with Gasteiger partial charge in [0, 0.05) is 19.3 Å². The van der Waals surface area contributed by atoms with Crippen LogP contribution in [-0.4, -0.2) is 34.1 Å². The number of carbonyl (C=O) groups is 1. The molecule has 1 N–H and O–H groups in total. The lowest BCUT2D eigenvalue weighted by Crippen LogP contribution is -2.40. The van der Waals surface area contributed by atoms with Crippen molar-refractivity contribution in [3.8, 4) is 0 Å². The molecule has 0 saturated carbocycles. The molecule has 1 saturated heterocycles. The number of amides is 1. The number of piperidine rings is 1. The van der Waals surface area contributed by atoms with Crippen LogP contribution in [-0.2, 0) is 12.6 Å². The molecule has 4 nitrogen and oxygen atoms in total. The fraction of sp³-hybridized carbons (Fsp3) is 0.444. The van der Waals surface area contributed by atoms with Crippen LogP contribution >= 0.6 is 0 Å². The van der Waals surface area contributed by atoms with E-state index in [1.54, 1.807) is 23.2 Å². The van der Waals surface area contributed by atoms with Crippen molar-refractivity contribution in [3.63, 3.8) is 0 Å². The van der Waals surface area contributed by atoms with E-state index >= 15 is 0 Å². The molecule has 0 aliphatic carbocycles. The molecule has 2 aromatic rings. The Bertz CT molecular complexity index is 713. The molecule has 1 aliphatic heterocycles. The zero-order valence-corrected chi connectivity index (χ0v) is 13.7. The predicted octanol–water partition coefficient (Wildman–Crippen LogP) is 3.91. The molecule has 0 radical (unpaired) electrons. The van der Waals surface area contributed by atoms with Gasteiger partial charge in [0.2, 0.25) is 0 Å². The van der Waals surface area contributed by atoms with Gasteiger partial charge in [-0.05, 0) is 49.3 Å². The third-order valence-corrected chi connectivity index (χ3v) is 4.63. The molecule has 3 rings (SSSR count). The first-order chi connectivity index (χ1) is 11.9. The van der Waals surface area contributed by atoms with Gasteiger partial charge in [-0.2, -0.15) is 18.3 Å². The molecule has 134 valence electrons. The number of aryl methyl sites for hydroxylation is 1. The second-order valence-electron chi connectivity index (χ2n) is 6.47. The highest BCUT2D eigenvalue weighted by atomic mass is 19.4. The first-order valence-corrected chi connectivity index (χ1v) is 8.38. The molecule has 0 unspecified atom stereocenters. The average molecular weight is 351 g/mol. The number of rotatable bonds is 4. The number of benzene rings is 1. The number of H-pyrrole nitrogens is 1. The van der Waals surface area contributed by atoms with Crippen molar-refractivity contribution in [2.45, 2.75) is 31.9 Å². The maximum absolute atomic E-state index is 12.8. The van der Waals surface area contributed by atoms with Gasteiger partial charge in [-0.25, -0.2) is 0 Å². The van der Waals surface area contributed by atoms with Crippen LogP contribution in [0, 0.1) is 5.92 Å². The van der Waals surface area contributed by atoms with E-state index in [4.69, 9.17) is 0 Å². The first-order valence-electron chi connectivity index (χ1n) is 8.38. The number of aromatic nitrogens is 2. The molecule has 1 aromatic carbocycles. The van der Waals surface area contributed by atoms with Gasteiger partial charge >= 0.3 is 6.18 Å². The van der Waals surface area contributed by atoms with Crippen molar-refractivity contribution >= 4 is 5.91 Å². The van der Waals surface area contributed by atoms with Gasteiger partial charge in [-0.15, -0.1) is 0 Å². The summed E-state index contributed by atoms with van der Waals surface area (Å²) < 4.78 is 38.4. The van der Waals surface area contributed by atoms with Crippen molar-refractivity contribution in [3.05, 3.63) is 53.3 Å². The molecule has 0 spiro atoms. The molecule has 1 atom stereocenters. The van der Waals surface area contributed by atoms with Crippen LogP contribution in [0.1, 0.15) is 40.9 Å². The van der Waals surface area contributed by atoms with E-state index < -0.39 is 11.7 Å². The van der Waals surface area contributed by atoms with E-state index in [0.29, 0.717) is 36.7 Å². The summed E-state index contributed by atoms with van der Waals surface area (Å²) in [5, 5.41) is 6.48. The first kappa shape index (κ1) is 17.5. The number of halogens is 3. The van der Waals surface area contributed by atoms with E-state index in [0.717, 1.165) is 25.3 Å². The molecular formula is C18H20F3N3O. The predicted molar refractivity (Wildman–Crippen MR) is 87.0 cm³/mol. The molecule has 1 aliphatic rings. The smallest absolute Gasteiger partial charge is 0.337 e. The Kier molecular flexibility index (Phi) is 5.11. The summed E-state index contributed by atoms with van der Waals surface area (Å²) in [5.74, 6) is 0.233. The van der Waals surface area contributed by atoms with Crippen LogP contribution in [0.3, 0.4) is 0 Å². The number of aromatic amines is 1. The van der Waals surface area contributed by atoms with Gasteiger partial charge < -0.3 is 4.90 Å². The summed E-state index contributed by atoms with van der Waals surface area (Å²) in [6, 6.07) is 7.14. The number of hydrogen-bond acceptors (Lipinski definition) is 2. The number of nitrogens with one attached hydrogen (secondary N) is 1. The highest BCUT2D eigenvalue weighted by Gasteiger charge is 2.30. The lowest BCUT2D eigenvalue weighted by Gasteiger charge is -2.32. The average Bonchev–Trinajstić information content (AvgIpc) is 3.14. The minimum atomic E-state index is -4.31. The van der Waals surface area contributed by atoms with Crippen molar-refractivity contribution in [2.75, 3.05) is 13.1 Å². The molecule has 0 bridgehead atoms. The van der Waals surface area contributed by atoms with Crippen LogP contribution in [0.5, 0.6) is 0 Å². The van der Waals surface area contributed by atoms with Crippen LogP contribution < -0.4 is 0 Å². The van der Waals surface area contributed by atoms with Gasteiger partial charge in [-0.1, -0.05) is 18.2 Å². The summed E-state index contributed by atoms with van der Waals surface area (Å²) in [7, 11) is 0. The fourth-order valence-electron chi connectivity index (χ4n) is 3.30. The Hall–Kier alpha value is -2.31. The van der Waals surface area contributed by atoms with Gasteiger partial charge in [0.05, 0.1) is 5.56 Å². The number of hydrogen-bond donors (Lipinski definition) is 1. The van der Waals surface area contributed by atoms with Crippen LogP contribution in [0.2, 0.25) is 0 Å². The summed E-state index contributed by atoms with van der Waals surface area (Å²) in [5.41, 5.74) is 0.551. The summed E-state index contributed by atoms with van der Waals surface area (Å²) >= 11 is 0. The third-order valence-electron chi connectivity index (χ3n) is 4.63. The quantitative estimate of drug-likeness (QED) is 0.908. The molecule has 2 heterocycles. The zero-order valence-electron chi connectivity index (χ0n) is 13.7. The molecule has 1 amide bonds. The second-order valence-corrected chi connectivity index (χ2v) is 6.47. The lowest BCUT2D eigenvalue weighted by molar-refractivity contribution is -0.137. The standard InChI is InChI=1S/C18H20F3N3O/c19-18(20,21)15-5-1-3-13(11-15)6-7-14-4-2-10-24(12-14)17(25)16-8-9-22-23-16/h1,3,5,8-9,11,14H,2,4,6-7,10,12H2,(H,22,23)/t14-/m1/s1. The highest BCUT2D eigenvalue weighted by Crippen LogP contribution is 2.30. The summed E-state index contributed by atoms with van der Waals surface area (Å²) in [6.45, 7) is 1.34. The largest absolute Gasteiger partial charge is 0.416 e. The SMILES string of the molecule is O=C(c1ccn[nH]1)N1CCC[C@H](CCc2cccc(C(F)(F)F)c2)C1. The Balaban J connectivity index is 1.57. The van der Waals surface area contributed by atoms with Crippen LogP contribution in [0.15, 0.2) is 36.5 Å². The summed E-state index contributed by atoms with van der Waals surface area (Å²) in [4.78, 5) is 14.2. The van der Waals surface area contributed by atoms with Gasteiger partial charge in [0.1, 0.15) is 5.69 Å².